The number of halogens is 1. The Labute approximate surface area is 127 Å². The van der Waals surface area contributed by atoms with Gasteiger partial charge >= 0.3 is 0 Å². The van der Waals surface area contributed by atoms with Gasteiger partial charge in [-0.05, 0) is 50.6 Å². The first kappa shape index (κ1) is 17.4. The van der Waals surface area contributed by atoms with Gasteiger partial charge in [-0.25, -0.2) is 8.42 Å². The smallest absolute Gasteiger partial charge is 0.175 e. The zero-order chi connectivity index (χ0) is 13.9. The van der Waals surface area contributed by atoms with Gasteiger partial charge in [-0.2, -0.15) is 0 Å². The highest BCUT2D eigenvalue weighted by atomic mass is 35.5. The van der Waals surface area contributed by atoms with Gasteiger partial charge in [0.2, 0.25) is 0 Å². The van der Waals surface area contributed by atoms with E-state index < -0.39 is 9.84 Å². The lowest BCUT2D eigenvalue weighted by Gasteiger charge is -2.35. The SMILES string of the molecule is CC1(NCc2ccc(S(C)(=O)=O)cc2)CCNCC1.Cl. The van der Waals surface area contributed by atoms with Crippen molar-refractivity contribution >= 4 is 22.2 Å². The van der Waals surface area contributed by atoms with E-state index in [0.29, 0.717) is 4.90 Å². The zero-order valence-electron chi connectivity index (χ0n) is 12.0. The maximum atomic E-state index is 11.4. The fourth-order valence-electron chi connectivity index (χ4n) is 2.33. The van der Waals surface area contributed by atoms with E-state index in [0.717, 1.165) is 38.0 Å². The van der Waals surface area contributed by atoms with Crippen LogP contribution in [0.5, 0.6) is 0 Å². The average molecular weight is 319 g/mol. The molecule has 1 aromatic carbocycles. The number of benzene rings is 1. The molecule has 1 heterocycles. The highest BCUT2D eigenvalue weighted by Crippen LogP contribution is 2.18. The number of sulfone groups is 1. The second-order valence-corrected chi connectivity index (χ2v) is 7.60. The third kappa shape index (κ3) is 4.74. The maximum Gasteiger partial charge on any atom is 0.175 e. The van der Waals surface area contributed by atoms with E-state index >= 15 is 0 Å². The van der Waals surface area contributed by atoms with E-state index in [1.165, 1.54) is 6.26 Å². The van der Waals surface area contributed by atoms with Crippen molar-refractivity contribution < 1.29 is 8.42 Å². The van der Waals surface area contributed by atoms with E-state index in [9.17, 15) is 8.42 Å². The predicted molar refractivity (Wildman–Crippen MR) is 84.1 cm³/mol. The third-order valence-corrected chi connectivity index (χ3v) is 4.91. The standard InChI is InChI=1S/C14H22N2O2S.ClH/c1-14(7-9-15-10-8-14)16-11-12-3-5-13(6-4-12)19(2,17)18;/h3-6,15-16H,7-11H2,1-2H3;1H. The molecule has 1 aliphatic rings. The van der Waals surface area contributed by atoms with Gasteiger partial charge in [-0.15, -0.1) is 12.4 Å². The molecule has 0 amide bonds. The summed E-state index contributed by atoms with van der Waals surface area (Å²) < 4.78 is 22.8. The lowest BCUT2D eigenvalue weighted by molar-refractivity contribution is 0.265. The number of rotatable bonds is 4. The second-order valence-electron chi connectivity index (χ2n) is 5.58. The first-order chi connectivity index (χ1) is 8.89. The summed E-state index contributed by atoms with van der Waals surface area (Å²) in [6.45, 7) is 5.13. The monoisotopic (exact) mass is 318 g/mol. The van der Waals surface area contributed by atoms with Gasteiger partial charge in [-0.3, -0.25) is 0 Å². The van der Waals surface area contributed by atoms with Crippen LogP contribution < -0.4 is 10.6 Å². The van der Waals surface area contributed by atoms with Crippen LogP contribution >= 0.6 is 12.4 Å². The van der Waals surface area contributed by atoms with Crippen molar-refractivity contribution in [3.05, 3.63) is 29.8 Å². The topological polar surface area (TPSA) is 58.2 Å². The number of nitrogens with one attached hydrogen (secondary N) is 2. The van der Waals surface area contributed by atoms with Crippen molar-refractivity contribution in [1.29, 1.82) is 0 Å². The Morgan fingerprint density at radius 1 is 1.20 bits per heavy atom. The zero-order valence-corrected chi connectivity index (χ0v) is 13.6. The first-order valence-electron chi connectivity index (χ1n) is 6.64. The minimum atomic E-state index is -3.10. The molecule has 1 aliphatic heterocycles. The number of hydrogen-bond donors (Lipinski definition) is 2. The quantitative estimate of drug-likeness (QED) is 0.888. The Morgan fingerprint density at radius 2 is 1.75 bits per heavy atom. The lowest BCUT2D eigenvalue weighted by Crippen LogP contribution is -2.49. The van der Waals surface area contributed by atoms with Crippen LogP contribution in [0.4, 0.5) is 0 Å². The molecule has 2 N–H and O–H groups in total. The molecule has 2 rings (SSSR count). The maximum absolute atomic E-state index is 11.4. The number of hydrogen-bond acceptors (Lipinski definition) is 4. The minimum Gasteiger partial charge on any atom is -0.317 e. The van der Waals surface area contributed by atoms with Gasteiger partial charge in [0.05, 0.1) is 4.90 Å². The molecule has 0 bridgehead atoms. The Kier molecular flexibility index (Phi) is 6.01. The number of piperidine rings is 1. The molecule has 1 saturated heterocycles. The summed E-state index contributed by atoms with van der Waals surface area (Å²) in [5, 5.41) is 6.94. The second kappa shape index (κ2) is 6.89. The van der Waals surface area contributed by atoms with Crippen LogP contribution in [-0.2, 0) is 16.4 Å². The van der Waals surface area contributed by atoms with Gasteiger partial charge < -0.3 is 10.6 Å². The highest BCUT2D eigenvalue weighted by Gasteiger charge is 2.25. The molecular weight excluding hydrogens is 296 g/mol. The normalized spacial score (nSPS) is 18.3. The largest absolute Gasteiger partial charge is 0.317 e. The molecule has 4 nitrogen and oxygen atoms in total. The molecule has 1 aromatic rings. The first-order valence-corrected chi connectivity index (χ1v) is 8.53. The fraction of sp³-hybridized carbons (Fsp3) is 0.571. The summed E-state index contributed by atoms with van der Waals surface area (Å²) in [7, 11) is -3.10. The molecule has 0 spiro atoms. The van der Waals surface area contributed by atoms with Gasteiger partial charge in [0.25, 0.3) is 0 Å². The fourth-order valence-corrected chi connectivity index (χ4v) is 2.96. The summed E-state index contributed by atoms with van der Waals surface area (Å²) in [5.41, 5.74) is 1.30. The van der Waals surface area contributed by atoms with E-state index in [1.807, 2.05) is 12.1 Å². The molecule has 0 atom stereocenters. The average Bonchev–Trinajstić information content (AvgIpc) is 2.37. The van der Waals surface area contributed by atoms with Crippen LogP contribution in [0.2, 0.25) is 0 Å². The van der Waals surface area contributed by atoms with Crippen molar-refractivity contribution in [3.63, 3.8) is 0 Å². The van der Waals surface area contributed by atoms with Crippen molar-refractivity contribution in [2.75, 3.05) is 19.3 Å². The van der Waals surface area contributed by atoms with Crippen LogP contribution in [0.1, 0.15) is 25.3 Å². The summed E-state index contributed by atoms with van der Waals surface area (Å²) in [5.74, 6) is 0. The van der Waals surface area contributed by atoms with Gasteiger partial charge in [-0.1, -0.05) is 12.1 Å². The van der Waals surface area contributed by atoms with Crippen LogP contribution in [0.15, 0.2) is 29.2 Å². The van der Waals surface area contributed by atoms with Crippen LogP contribution in [0, 0.1) is 0 Å². The molecule has 114 valence electrons. The van der Waals surface area contributed by atoms with Gasteiger partial charge in [0.1, 0.15) is 0 Å². The van der Waals surface area contributed by atoms with E-state index in [-0.39, 0.29) is 17.9 Å². The van der Waals surface area contributed by atoms with Crippen LogP contribution in [0.25, 0.3) is 0 Å². The molecule has 0 aliphatic carbocycles. The Bertz CT molecular complexity index is 523. The Morgan fingerprint density at radius 3 is 2.25 bits per heavy atom. The Balaban J connectivity index is 0.00000200. The van der Waals surface area contributed by atoms with Crippen LogP contribution in [0.3, 0.4) is 0 Å². The Hall–Kier alpha value is -0.620. The highest BCUT2D eigenvalue weighted by molar-refractivity contribution is 7.90. The van der Waals surface area contributed by atoms with Crippen LogP contribution in [-0.4, -0.2) is 33.3 Å². The summed E-state index contributed by atoms with van der Waals surface area (Å²) in [6, 6.07) is 7.12. The molecule has 1 fully saturated rings. The molecule has 20 heavy (non-hydrogen) atoms. The van der Waals surface area contributed by atoms with Crippen molar-refractivity contribution in [2.24, 2.45) is 0 Å². The minimum absolute atomic E-state index is 0. The van der Waals surface area contributed by atoms with Crippen molar-refractivity contribution in [3.8, 4) is 0 Å². The van der Waals surface area contributed by atoms with Gasteiger partial charge in [0, 0.05) is 18.3 Å². The van der Waals surface area contributed by atoms with E-state index in [2.05, 4.69) is 17.6 Å². The van der Waals surface area contributed by atoms with Crippen molar-refractivity contribution in [1.82, 2.24) is 10.6 Å². The third-order valence-electron chi connectivity index (χ3n) is 3.78. The molecule has 0 saturated carbocycles. The van der Waals surface area contributed by atoms with Gasteiger partial charge in [0.15, 0.2) is 9.84 Å². The summed E-state index contributed by atoms with van der Waals surface area (Å²) in [6.07, 6.45) is 3.47. The molecule has 0 radical (unpaired) electrons. The molecule has 0 unspecified atom stereocenters. The summed E-state index contributed by atoms with van der Waals surface area (Å²) >= 11 is 0. The van der Waals surface area contributed by atoms with Crippen molar-refractivity contribution in [2.45, 2.75) is 36.7 Å². The summed E-state index contributed by atoms with van der Waals surface area (Å²) in [4.78, 5) is 0.379. The van der Waals surface area contributed by atoms with E-state index in [4.69, 9.17) is 0 Å². The lowest BCUT2D eigenvalue weighted by atomic mass is 9.90. The molecule has 0 aromatic heterocycles. The van der Waals surface area contributed by atoms with E-state index in [1.54, 1.807) is 12.1 Å². The molecule has 6 heteroatoms. The predicted octanol–water partition coefficient (Wildman–Crippen LogP) is 1.74. The molecular formula is C14H23ClN2O2S.